The Labute approximate surface area is 83.9 Å². The van der Waals surface area contributed by atoms with Crippen molar-refractivity contribution in [2.24, 2.45) is 0 Å². The summed E-state index contributed by atoms with van der Waals surface area (Å²) in [6.07, 6.45) is 1.16. The van der Waals surface area contributed by atoms with E-state index in [1.165, 1.54) is 4.88 Å². The van der Waals surface area contributed by atoms with Gasteiger partial charge in [0, 0.05) is 12.0 Å². The van der Waals surface area contributed by atoms with Crippen LogP contribution in [0, 0.1) is 0 Å². The van der Waals surface area contributed by atoms with Crippen molar-refractivity contribution in [2.75, 3.05) is 20.3 Å². The number of nitrogens with one attached hydrogen (secondary N) is 1. The molecule has 0 fully saturated rings. The van der Waals surface area contributed by atoms with E-state index in [9.17, 15) is 0 Å². The summed E-state index contributed by atoms with van der Waals surface area (Å²) in [4.78, 5) is 1.36. The highest BCUT2D eigenvalue weighted by Crippen LogP contribution is 2.18. The molecule has 0 aromatic carbocycles. The van der Waals surface area contributed by atoms with E-state index in [0.29, 0.717) is 6.04 Å². The maximum Gasteiger partial charge on any atom is 0.0665 e. The van der Waals surface area contributed by atoms with Gasteiger partial charge in [-0.3, -0.25) is 0 Å². The molecule has 0 aliphatic rings. The minimum absolute atomic E-state index is 0.366. The second-order valence-corrected chi connectivity index (χ2v) is 3.96. The smallest absolute Gasteiger partial charge is 0.0665 e. The maximum atomic E-state index is 5.17. The van der Waals surface area contributed by atoms with Crippen molar-refractivity contribution >= 4 is 11.3 Å². The standard InChI is InChI=1S/C10H17NOS/c1-3-6-11-9(8-12-2)10-5-4-7-13-10/h4-5,7,9,11H,3,6,8H2,1-2H3. The fraction of sp³-hybridized carbons (Fsp3) is 0.600. The van der Waals surface area contributed by atoms with Crippen LogP contribution < -0.4 is 5.32 Å². The van der Waals surface area contributed by atoms with Gasteiger partial charge in [0.05, 0.1) is 12.6 Å². The van der Waals surface area contributed by atoms with Gasteiger partial charge in [-0.1, -0.05) is 13.0 Å². The van der Waals surface area contributed by atoms with E-state index in [0.717, 1.165) is 19.6 Å². The molecule has 74 valence electrons. The predicted octanol–water partition coefficient (Wildman–Crippen LogP) is 2.44. The molecule has 1 heterocycles. The zero-order chi connectivity index (χ0) is 9.52. The molecule has 0 bridgehead atoms. The largest absolute Gasteiger partial charge is 0.383 e. The Morgan fingerprint density at radius 1 is 1.62 bits per heavy atom. The summed E-state index contributed by atoms with van der Waals surface area (Å²) in [6, 6.07) is 4.60. The van der Waals surface area contributed by atoms with Crippen LogP contribution in [0.15, 0.2) is 17.5 Å². The quantitative estimate of drug-likeness (QED) is 0.760. The number of thiophene rings is 1. The van der Waals surface area contributed by atoms with Crippen molar-refractivity contribution in [1.82, 2.24) is 5.32 Å². The van der Waals surface area contributed by atoms with Gasteiger partial charge in [-0.2, -0.15) is 0 Å². The van der Waals surface area contributed by atoms with Crippen molar-refractivity contribution in [2.45, 2.75) is 19.4 Å². The van der Waals surface area contributed by atoms with E-state index >= 15 is 0 Å². The third-order valence-electron chi connectivity index (χ3n) is 1.86. The molecule has 1 atom stereocenters. The number of hydrogen-bond donors (Lipinski definition) is 1. The van der Waals surface area contributed by atoms with Crippen LogP contribution in [0.3, 0.4) is 0 Å². The van der Waals surface area contributed by atoms with Crippen molar-refractivity contribution in [3.63, 3.8) is 0 Å². The molecule has 0 radical (unpaired) electrons. The third kappa shape index (κ3) is 3.46. The molecule has 1 rings (SSSR count). The second kappa shape index (κ2) is 6.13. The molecule has 1 aromatic heterocycles. The Kier molecular flexibility index (Phi) is 5.05. The summed E-state index contributed by atoms with van der Waals surface area (Å²) in [5.74, 6) is 0. The van der Waals surface area contributed by atoms with Gasteiger partial charge in [-0.25, -0.2) is 0 Å². The van der Waals surface area contributed by atoms with Gasteiger partial charge in [0.25, 0.3) is 0 Å². The van der Waals surface area contributed by atoms with Crippen LogP contribution in [0.5, 0.6) is 0 Å². The SMILES string of the molecule is CCCNC(COC)c1cccs1. The molecule has 1 unspecified atom stereocenters. The Morgan fingerprint density at radius 2 is 2.46 bits per heavy atom. The Hall–Kier alpha value is -0.380. The topological polar surface area (TPSA) is 21.3 Å². The molecule has 1 aromatic rings. The molecule has 3 heteroatoms. The summed E-state index contributed by atoms with van der Waals surface area (Å²) in [5, 5.41) is 5.56. The van der Waals surface area contributed by atoms with Gasteiger partial charge in [-0.05, 0) is 24.4 Å². The lowest BCUT2D eigenvalue weighted by atomic mass is 10.2. The van der Waals surface area contributed by atoms with Gasteiger partial charge in [0.2, 0.25) is 0 Å². The van der Waals surface area contributed by atoms with Gasteiger partial charge < -0.3 is 10.1 Å². The van der Waals surface area contributed by atoms with Crippen LogP contribution >= 0.6 is 11.3 Å². The van der Waals surface area contributed by atoms with Gasteiger partial charge in [0.15, 0.2) is 0 Å². The maximum absolute atomic E-state index is 5.17. The van der Waals surface area contributed by atoms with Crippen LogP contribution in [0.25, 0.3) is 0 Å². The van der Waals surface area contributed by atoms with Crippen LogP contribution in [0.2, 0.25) is 0 Å². The normalized spacial score (nSPS) is 13.1. The Balaban J connectivity index is 2.47. The number of methoxy groups -OCH3 is 1. The number of hydrogen-bond acceptors (Lipinski definition) is 3. The zero-order valence-corrected chi connectivity index (χ0v) is 9.06. The van der Waals surface area contributed by atoms with E-state index in [1.54, 1.807) is 18.4 Å². The van der Waals surface area contributed by atoms with Crippen molar-refractivity contribution in [1.29, 1.82) is 0 Å². The van der Waals surface area contributed by atoms with Crippen LogP contribution in [0.4, 0.5) is 0 Å². The molecule has 1 N–H and O–H groups in total. The molecular weight excluding hydrogens is 182 g/mol. The van der Waals surface area contributed by atoms with Gasteiger partial charge >= 0.3 is 0 Å². The molecule has 0 saturated carbocycles. The monoisotopic (exact) mass is 199 g/mol. The highest BCUT2D eigenvalue weighted by atomic mass is 32.1. The summed E-state index contributed by atoms with van der Waals surface area (Å²) in [7, 11) is 1.74. The molecule has 0 amide bonds. The first-order valence-corrected chi connectivity index (χ1v) is 5.52. The molecule has 0 saturated heterocycles. The van der Waals surface area contributed by atoms with Gasteiger partial charge in [0.1, 0.15) is 0 Å². The zero-order valence-electron chi connectivity index (χ0n) is 8.25. The number of ether oxygens (including phenoxy) is 1. The van der Waals surface area contributed by atoms with Crippen LogP contribution in [0.1, 0.15) is 24.3 Å². The average molecular weight is 199 g/mol. The second-order valence-electron chi connectivity index (χ2n) is 2.98. The van der Waals surface area contributed by atoms with E-state index in [4.69, 9.17) is 4.74 Å². The molecule has 0 spiro atoms. The lowest BCUT2D eigenvalue weighted by Crippen LogP contribution is -2.25. The Morgan fingerprint density at radius 3 is 3.00 bits per heavy atom. The first-order valence-electron chi connectivity index (χ1n) is 4.64. The average Bonchev–Trinajstić information content (AvgIpc) is 2.65. The van der Waals surface area contributed by atoms with E-state index < -0.39 is 0 Å². The lowest BCUT2D eigenvalue weighted by molar-refractivity contribution is 0.168. The Bertz CT molecular complexity index is 211. The summed E-state index contributed by atoms with van der Waals surface area (Å²) >= 11 is 1.78. The van der Waals surface area contributed by atoms with E-state index in [2.05, 4.69) is 29.8 Å². The highest BCUT2D eigenvalue weighted by Gasteiger charge is 2.10. The van der Waals surface area contributed by atoms with Gasteiger partial charge in [-0.15, -0.1) is 11.3 Å². The summed E-state index contributed by atoms with van der Waals surface area (Å²) in [5.41, 5.74) is 0. The molecular formula is C10H17NOS. The summed E-state index contributed by atoms with van der Waals surface area (Å²) in [6.45, 7) is 3.97. The number of rotatable bonds is 6. The third-order valence-corrected chi connectivity index (χ3v) is 2.85. The van der Waals surface area contributed by atoms with E-state index in [-0.39, 0.29) is 0 Å². The van der Waals surface area contributed by atoms with Crippen molar-refractivity contribution < 1.29 is 4.74 Å². The fourth-order valence-corrected chi connectivity index (χ4v) is 2.00. The lowest BCUT2D eigenvalue weighted by Gasteiger charge is -2.15. The van der Waals surface area contributed by atoms with E-state index in [1.807, 2.05) is 0 Å². The highest BCUT2D eigenvalue weighted by molar-refractivity contribution is 7.10. The predicted molar refractivity (Wildman–Crippen MR) is 57.2 cm³/mol. The van der Waals surface area contributed by atoms with Crippen LogP contribution in [-0.2, 0) is 4.74 Å². The first-order chi connectivity index (χ1) is 6.38. The minimum atomic E-state index is 0.366. The molecule has 0 aliphatic heterocycles. The molecule has 2 nitrogen and oxygen atoms in total. The fourth-order valence-electron chi connectivity index (χ4n) is 1.22. The molecule has 13 heavy (non-hydrogen) atoms. The van der Waals surface area contributed by atoms with Crippen molar-refractivity contribution in [3.8, 4) is 0 Å². The molecule has 0 aliphatic carbocycles. The summed E-state index contributed by atoms with van der Waals surface area (Å²) < 4.78 is 5.17. The minimum Gasteiger partial charge on any atom is -0.383 e. The van der Waals surface area contributed by atoms with Crippen molar-refractivity contribution in [3.05, 3.63) is 22.4 Å². The van der Waals surface area contributed by atoms with Crippen LogP contribution in [-0.4, -0.2) is 20.3 Å². The first kappa shape index (κ1) is 10.7.